The van der Waals surface area contributed by atoms with Crippen molar-refractivity contribution in [3.63, 3.8) is 0 Å². The van der Waals surface area contributed by atoms with Crippen LogP contribution in [0.2, 0.25) is 0 Å². The van der Waals surface area contributed by atoms with Crippen LogP contribution in [0.4, 0.5) is 0 Å². The molecule has 1 aliphatic rings. The Morgan fingerprint density at radius 3 is 2.89 bits per heavy atom. The summed E-state index contributed by atoms with van der Waals surface area (Å²) in [6.07, 6.45) is 2.19. The average Bonchev–Trinajstić information content (AvgIpc) is 3.19. The van der Waals surface area contributed by atoms with Crippen LogP contribution in [-0.2, 0) is 4.79 Å². The normalized spacial score (nSPS) is 14.1. The van der Waals surface area contributed by atoms with Crippen LogP contribution in [0, 0.1) is 0 Å². The smallest absolute Gasteiger partial charge is 0.260 e. The van der Waals surface area contributed by atoms with E-state index < -0.39 is 0 Å². The van der Waals surface area contributed by atoms with Gasteiger partial charge in [0.2, 0.25) is 0 Å². The van der Waals surface area contributed by atoms with Crippen LogP contribution in [0.15, 0.2) is 24.3 Å². The molecule has 0 spiro atoms. The molecule has 1 aromatic rings. The molecule has 0 aliphatic heterocycles. The van der Waals surface area contributed by atoms with Crippen LogP contribution in [-0.4, -0.2) is 35.5 Å². The summed E-state index contributed by atoms with van der Waals surface area (Å²) >= 11 is 4.89. The van der Waals surface area contributed by atoms with Gasteiger partial charge in [-0.15, -0.1) is 0 Å². The first-order valence-electron chi connectivity index (χ1n) is 5.86. The maximum Gasteiger partial charge on any atom is 0.260 e. The van der Waals surface area contributed by atoms with Crippen LogP contribution < -0.4 is 10.5 Å². The zero-order valence-electron chi connectivity index (χ0n) is 10.3. The highest BCUT2D eigenvalue weighted by atomic mass is 32.1. The molecular weight excluding hydrogens is 248 g/mol. The number of thiocarbonyl (C=S) groups is 1. The van der Waals surface area contributed by atoms with Gasteiger partial charge in [0.15, 0.2) is 6.61 Å². The van der Waals surface area contributed by atoms with Crippen molar-refractivity contribution in [1.29, 1.82) is 0 Å². The summed E-state index contributed by atoms with van der Waals surface area (Å²) in [6.45, 7) is 0.0494. The first-order chi connectivity index (χ1) is 8.58. The molecule has 5 heteroatoms. The standard InChI is InChI=1S/C13H16N2O2S/c1-15(10-5-6-10)12(16)8-17-11-4-2-3-9(7-11)13(14)18/h2-4,7,10H,5-6,8H2,1H3,(H2,14,18). The van der Waals surface area contributed by atoms with Crippen LogP contribution in [0.1, 0.15) is 18.4 Å². The zero-order chi connectivity index (χ0) is 13.1. The van der Waals surface area contributed by atoms with E-state index in [2.05, 4.69) is 0 Å². The second-order valence-electron chi connectivity index (χ2n) is 4.42. The molecule has 4 nitrogen and oxygen atoms in total. The van der Waals surface area contributed by atoms with Crippen molar-refractivity contribution < 1.29 is 9.53 Å². The Balaban J connectivity index is 1.91. The molecule has 18 heavy (non-hydrogen) atoms. The van der Waals surface area contributed by atoms with E-state index >= 15 is 0 Å². The van der Waals surface area contributed by atoms with Gasteiger partial charge in [0.1, 0.15) is 10.7 Å². The van der Waals surface area contributed by atoms with Crippen molar-refractivity contribution >= 4 is 23.1 Å². The fourth-order valence-corrected chi connectivity index (χ4v) is 1.78. The number of nitrogens with two attached hydrogens (primary N) is 1. The Labute approximate surface area is 112 Å². The van der Waals surface area contributed by atoms with Crippen molar-refractivity contribution in [3.8, 4) is 5.75 Å². The number of rotatable bonds is 5. The Hall–Kier alpha value is -1.62. The highest BCUT2D eigenvalue weighted by Crippen LogP contribution is 2.25. The molecule has 0 unspecified atom stereocenters. The summed E-state index contributed by atoms with van der Waals surface area (Å²) < 4.78 is 5.45. The molecule has 96 valence electrons. The largest absolute Gasteiger partial charge is 0.484 e. The molecule has 0 aromatic heterocycles. The Morgan fingerprint density at radius 1 is 1.56 bits per heavy atom. The Kier molecular flexibility index (Phi) is 3.81. The summed E-state index contributed by atoms with van der Waals surface area (Å²) in [5.74, 6) is 0.607. The van der Waals surface area contributed by atoms with Gasteiger partial charge in [-0.3, -0.25) is 4.79 Å². The van der Waals surface area contributed by atoms with E-state index in [9.17, 15) is 4.79 Å². The quantitative estimate of drug-likeness (QED) is 0.815. The van der Waals surface area contributed by atoms with Crippen LogP contribution in [0.25, 0.3) is 0 Å². The number of nitrogens with zero attached hydrogens (tertiary/aromatic N) is 1. The van der Waals surface area contributed by atoms with Crippen LogP contribution in [0.5, 0.6) is 5.75 Å². The van der Waals surface area contributed by atoms with Crippen molar-refractivity contribution in [3.05, 3.63) is 29.8 Å². The molecule has 1 saturated carbocycles. The summed E-state index contributed by atoms with van der Waals surface area (Å²) in [6, 6.07) is 7.55. The molecule has 0 saturated heterocycles. The summed E-state index contributed by atoms with van der Waals surface area (Å²) in [4.78, 5) is 13.8. The molecular formula is C13H16N2O2S. The summed E-state index contributed by atoms with van der Waals surface area (Å²) in [5.41, 5.74) is 6.28. The molecule has 0 radical (unpaired) electrons. The lowest BCUT2D eigenvalue weighted by molar-refractivity contribution is -0.132. The number of amides is 1. The van der Waals surface area contributed by atoms with Gasteiger partial charge in [-0.2, -0.15) is 0 Å². The lowest BCUT2D eigenvalue weighted by Crippen LogP contribution is -2.33. The number of carbonyl (C=O) groups is 1. The topological polar surface area (TPSA) is 55.6 Å². The van der Waals surface area contributed by atoms with E-state index in [1.165, 1.54) is 0 Å². The predicted molar refractivity (Wildman–Crippen MR) is 73.6 cm³/mol. The van der Waals surface area contributed by atoms with Crippen molar-refractivity contribution in [2.24, 2.45) is 5.73 Å². The minimum Gasteiger partial charge on any atom is -0.484 e. The molecule has 0 bridgehead atoms. The van der Waals surface area contributed by atoms with Gasteiger partial charge in [-0.25, -0.2) is 0 Å². The molecule has 1 aromatic carbocycles. The van der Waals surface area contributed by atoms with Gasteiger partial charge in [0.05, 0.1) is 0 Å². The minimum absolute atomic E-state index is 0.00164. The maximum atomic E-state index is 11.8. The van der Waals surface area contributed by atoms with E-state index in [-0.39, 0.29) is 12.5 Å². The molecule has 1 amide bonds. The van der Waals surface area contributed by atoms with Crippen LogP contribution in [0.3, 0.4) is 0 Å². The molecule has 1 fully saturated rings. The van der Waals surface area contributed by atoms with Gasteiger partial charge in [-0.1, -0.05) is 24.4 Å². The van der Waals surface area contributed by atoms with Crippen molar-refractivity contribution in [1.82, 2.24) is 4.90 Å². The predicted octanol–water partition coefficient (Wildman–Crippen LogP) is 1.32. The van der Waals surface area contributed by atoms with E-state index in [0.29, 0.717) is 16.8 Å². The number of hydrogen-bond donors (Lipinski definition) is 1. The summed E-state index contributed by atoms with van der Waals surface area (Å²) in [5, 5.41) is 0. The second-order valence-corrected chi connectivity index (χ2v) is 4.86. The van der Waals surface area contributed by atoms with E-state index in [4.69, 9.17) is 22.7 Å². The van der Waals surface area contributed by atoms with Crippen molar-refractivity contribution in [2.45, 2.75) is 18.9 Å². The number of ether oxygens (including phenoxy) is 1. The van der Waals surface area contributed by atoms with Gasteiger partial charge in [0.25, 0.3) is 5.91 Å². The molecule has 0 atom stereocenters. The third-order valence-corrected chi connectivity index (χ3v) is 3.20. The molecule has 2 rings (SSSR count). The fourth-order valence-electron chi connectivity index (χ4n) is 1.65. The zero-order valence-corrected chi connectivity index (χ0v) is 11.1. The average molecular weight is 264 g/mol. The number of benzene rings is 1. The van der Waals surface area contributed by atoms with E-state index in [1.807, 2.05) is 13.1 Å². The van der Waals surface area contributed by atoms with Gasteiger partial charge >= 0.3 is 0 Å². The number of hydrogen-bond acceptors (Lipinski definition) is 3. The Bertz CT molecular complexity index is 472. The summed E-state index contributed by atoms with van der Waals surface area (Å²) in [7, 11) is 1.81. The first-order valence-corrected chi connectivity index (χ1v) is 6.27. The van der Waals surface area contributed by atoms with Crippen molar-refractivity contribution in [2.75, 3.05) is 13.7 Å². The minimum atomic E-state index is -0.00164. The van der Waals surface area contributed by atoms with Crippen LogP contribution >= 0.6 is 12.2 Å². The molecule has 1 aliphatic carbocycles. The highest BCUT2D eigenvalue weighted by Gasteiger charge is 2.29. The lowest BCUT2D eigenvalue weighted by Gasteiger charge is -2.16. The maximum absolute atomic E-state index is 11.8. The second kappa shape index (κ2) is 5.35. The number of likely N-dealkylation sites (N-methyl/N-ethyl adjacent to an activating group) is 1. The number of carbonyl (C=O) groups excluding carboxylic acids is 1. The SMILES string of the molecule is CN(C(=O)COc1cccc(C(N)=S)c1)C1CC1. The highest BCUT2D eigenvalue weighted by molar-refractivity contribution is 7.80. The Morgan fingerprint density at radius 2 is 2.28 bits per heavy atom. The monoisotopic (exact) mass is 264 g/mol. The first kappa shape index (κ1) is 12.8. The van der Waals surface area contributed by atoms with Gasteiger partial charge in [0, 0.05) is 18.7 Å². The fraction of sp³-hybridized carbons (Fsp3) is 0.385. The van der Waals surface area contributed by atoms with E-state index in [0.717, 1.165) is 18.4 Å². The third kappa shape index (κ3) is 3.20. The van der Waals surface area contributed by atoms with E-state index in [1.54, 1.807) is 23.1 Å². The molecule has 0 heterocycles. The van der Waals surface area contributed by atoms with Gasteiger partial charge in [-0.05, 0) is 25.0 Å². The lowest BCUT2D eigenvalue weighted by atomic mass is 10.2. The molecule has 2 N–H and O–H groups in total. The van der Waals surface area contributed by atoms with Gasteiger partial charge < -0.3 is 15.4 Å². The third-order valence-electron chi connectivity index (χ3n) is 2.97.